The topological polar surface area (TPSA) is 24.5 Å². The van der Waals surface area contributed by atoms with Crippen LogP contribution < -0.4 is 5.32 Å². The minimum absolute atomic E-state index is 0. The highest BCUT2D eigenvalue weighted by Crippen LogP contribution is 2.18. The van der Waals surface area contributed by atoms with Gasteiger partial charge in [-0.25, -0.2) is 0 Å². The van der Waals surface area contributed by atoms with Crippen LogP contribution in [0.25, 0.3) is 0 Å². The second kappa shape index (κ2) is 7.25. The number of nitrogens with one attached hydrogen (secondary N) is 1. The fraction of sp³-hybridized carbons (Fsp3) is 0.600. The molecule has 0 saturated carbocycles. The molecule has 0 aliphatic carbocycles. The molecule has 2 heterocycles. The van der Waals surface area contributed by atoms with Gasteiger partial charge in [0.05, 0.1) is 13.2 Å². The fourth-order valence-electron chi connectivity index (χ4n) is 2.89. The molecule has 2 aliphatic rings. The van der Waals surface area contributed by atoms with Gasteiger partial charge < -0.3 is 10.1 Å². The van der Waals surface area contributed by atoms with Crippen LogP contribution in [0.15, 0.2) is 24.3 Å². The first kappa shape index (κ1) is 14.8. The molecule has 106 valence electrons. The second-order valence-electron chi connectivity index (χ2n) is 5.29. The molecule has 1 saturated heterocycles. The van der Waals surface area contributed by atoms with Crippen molar-refractivity contribution in [3.05, 3.63) is 35.4 Å². The van der Waals surface area contributed by atoms with Crippen molar-refractivity contribution in [2.75, 3.05) is 32.8 Å². The highest BCUT2D eigenvalue weighted by atomic mass is 35.5. The molecule has 0 amide bonds. The molecule has 1 aromatic carbocycles. The van der Waals surface area contributed by atoms with Crippen LogP contribution in [0.1, 0.15) is 17.5 Å². The van der Waals surface area contributed by atoms with Gasteiger partial charge in [0, 0.05) is 25.7 Å². The van der Waals surface area contributed by atoms with Crippen molar-refractivity contribution in [3.63, 3.8) is 0 Å². The zero-order valence-electron chi connectivity index (χ0n) is 11.3. The van der Waals surface area contributed by atoms with Gasteiger partial charge in [-0.15, -0.1) is 12.4 Å². The molecule has 2 aliphatic heterocycles. The summed E-state index contributed by atoms with van der Waals surface area (Å²) in [6, 6.07) is 9.44. The lowest BCUT2D eigenvalue weighted by molar-refractivity contribution is 0.0360. The highest BCUT2D eigenvalue weighted by molar-refractivity contribution is 5.85. The lowest BCUT2D eigenvalue weighted by Gasteiger charge is -2.31. The number of nitrogens with zero attached hydrogens (tertiary/aromatic N) is 1. The first-order valence-corrected chi connectivity index (χ1v) is 7.02. The maximum atomic E-state index is 5.38. The summed E-state index contributed by atoms with van der Waals surface area (Å²) < 4.78 is 5.38. The largest absolute Gasteiger partial charge is 0.379 e. The van der Waals surface area contributed by atoms with Gasteiger partial charge in [0.25, 0.3) is 0 Å². The van der Waals surface area contributed by atoms with Crippen molar-refractivity contribution >= 4 is 12.4 Å². The molecule has 1 atom stereocenters. The van der Waals surface area contributed by atoms with Gasteiger partial charge in [-0.3, -0.25) is 4.90 Å². The summed E-state index contributed by atoms with van der Waals surface area (Å²) in [4.78, 5) is 2.52. The van der Waals surface area contributed by atoms with Gasteiger partial charge in [0.15, 0.2) is 0 Å². The van der Waals surface area contributed by atoms with Crippen molar-refractivity contribution in [2.45, 2.75) is 25.4 Å². The van der Waals surface area contributed by atoms with Crippen molar-refractivity contribution in [2.24, 2.45) is 0 Å². The van der Waals surface area contributed by atoms with E-state index < -0.39 is 0 Å². The summed E-state index contributed by atoms with van der Waals surface area (Å²) in [6.07, 6.45) is 2.43. The van der Waals surface area contributed by atoms with Crippen molar-refractivity contribution < 1.29 is 4.74 Å². The molecule has 1 aromatic rings. The lowest BCUT2D eigenvalue weighted by Crippen LogP contribution is -2.42. The van der Waals surface area contributed by atoms with E-state index in [4.69, 9.17) is 4.74 Å². The van der Waals surface area contributed by atoms with Gasteiger partial charge in [-0.1, -0.05) is 24.3 Å². The van der Waals surface area contributed by atoms with Gasteiger partial charge in [-0.05, 0) is 30.5 Å². The van der Waals surface area contributed by atoms with Crippen molar-refractivity contribution in [1.29, 1.82) is 0 Å². The Morgan fingerprint density at radius 1 is 1.16 bits per heavy atom. The normalized spacial score (nSPS) is 23.5. The van der Waals surface area contributed by atoms with E-state index in [1.54, 1.807) is 0 Å². The smallest absolute Gasteiger partial charge is 0.0594 e. The SMILES string of the molecule is Cl.c1ccc2c(c1)CN[C@H](CCN1CCOCC1)C2. The number of fused-ring (bicyclic) bond motifs is 1. The van der Waals surface area contributed by atoms with Gasteiger partial charge in [0.1, 0.15) is 0 Å². The number of benzene rings is 1. The van der Waals surface area contributed by atoms with Crippen molar-refractivity contribution in [1.82, 2.24) is 10.2 Å². The number of halogens is 1. The third-order valence-electron chi connectivity index (χ3n) is 4.06. The Morgan fingerprint density at radius 2 is 1.89 bits per heavy atom. The Kier molecular flexibility index (Phi) is 5.64. The summed E-state index contributed by atoms with van der Waals surface area (Å²) in [6.45, 7) is 6.24. The Morgan fingerprint density at radius 3 is 2.68 bits per heavy atom. The molecule has 0 spiro atoms. The number of hydrogen-bond acceptors (Lipinski definition) is 3. The summed E-state index contributed by atoms with van der Waals surface area (Å²) in [5.74, 6) is 0. The number of ether oxygens (including phenoxy) is 1. The zero-order chi connectivity index (χ0) is 12.2. The maximum Gasteiger partial charge on any atom is 0.0594 e. The Labute approximate surface area is 121 Å². The van der Waals surface area contributed by atoms with Crippen LogP contribution in [0.4, 0.5) is 0 Å². The van der Waals surface area contributed by atoms with E-state index in [2.05, 4.69) is 34.5 Å². The Bertz CT molecular complexity index is 393. The summed E-state index contributed by atoms with van der Waals surface area (Å²) in [7, 11) is 0. The Balaban J connectivity index is 0.00000133. The molecular formula is C15H23ClN2O. The van der Waals surface area contributed by atoms with E-state index in [-0.39, 0.29) is 12.4 Å². The minimum atomic E-state index is 0. The van der Waals surface area contributed by atoms with Crippen LogP contribution in [-0.2, 0) is 17.7 Å². The molecule has 3 rings (SSSR count). The van der Waals surface area contributed by atoms with Gasteiger partial charge in [0.2, 0.25) is 0 Å². The first-order chi connectivity index (χ1) is 8.92. The predicted molar refractivity (Wildman–Crippen MR) is 79.9 cm³/mol. The molecule has 4 heteroatoms. The number of hydrogen-bond donors (Lipinski definition) is 1. The molecule has 0 unspecified atom stereocenters. The van der Waals surface area contributed by atoms with E-state index in [0.717, 1.165) is 32.8 Å². The summed E-state index contributed by atoms with van der Waals surface area (Å²) in [5.41, 5.74) is 3.00. The van der Waals surface area contributed by atoms with E-state index in [1.807, 2.05) is 0 Å². The minimum Gasteiger partial charge on any atom is -0.379 e. The summed E-state index contributed by atoms with van der Waals surface area (Å²) in [5, 5.41) is 3.66. The quantitative estimate of drug-likeness (QED) is 0.916. The average molecular weight is 283 g/mol. The van der Waals surface area contributed by atoms with Crippen molar-refractivity contribution in [3.8, 4) is 0 Å². The standard InChI is InChI=1S/C15H22N2O.ClH/c1-2-4-14-12-16-15(11-13(14)3-1)5-6-17-7-9-18-10-8-17;/h1-4,15-16H,5-12H2;1H/t15-;/m1./s1. The van der Waals surface area contributed by atoms with Crippen LogP contribution in [0.5, 0.6) is 0 Å². The maximum absolute atomic E-state index is 5.38. The molecule has 0 radical (unpaired) electrons. The Hall–Kier alpha value is -0.610. The van der Waals surface area contributed by atoms with E-state index in [1.165, 1.54) is 30.5 Å². The third-order valence-corrected chi connectivity index (χ3v) is 4.06. The van der Waals surface area contributed by atoms with Crippen LogP contribution in [-0.4, -0.2) is 43.8 Å². The molecule has 0 bridgehead atoms. The van der Waals surface area contributed by atoms with E-state index >= 15 is 0 Å². The second-order valence-corrected chi connectivity index (χ2v) is 5.29. The number of rotatable bonds is 3. The zero-order valence-corrected chi connectivity index (χ0v) is 12.1. The fourth-order valence-corrected chi connectivity index (χ4v) is 2.89. The molecular weight excluding hydrogens is 260 g/mol. The molecule has 19 heavy (non-hydrogen) atoms. The monoisotopic (exact) mass is 282 g/mol. The van der Waals surface area contributed by atoms with E-state index in [0.29, 0.717) is 6.04 Å². The lowest BCUT2D eigenvalue weighted by atomic mass is 9.94. The van der Waals surface area contributed by atoms with Crippen LogP contribution in [0, 0.1) is 0 Å². The predicted octanol–water partition coefficient (Wildman–Crippen LogP) is 1.84. The first-order valence-electron chi connectivity index (χ1n) is 7.02. The molecule has 1 fully saturated rings. The molecule has 3 nitrogen and oxygen atoms in total. The van der Waals surface area contributed by atoms with Gasteiger partial charge in [-0.2, -0.15) is 0 Å². The molecule has 1 N–H and O–H groups in total. The van der Waals surface area contributed by atoms with Gasteiger partial charge >= 0.3 is 0 Å². The van der Waals surface area contributed by atoms with Crippen LogP contribution >= 0.6 is 12.4 Å². The average Bonchev–Trinajstić information content (AvgIpc) is 2.46. The summed E-state index contributed by atoms with van der Waals surface area (Å²) >= 11 is 0. The third kappa shape index (κ3) is 3.93. The number of morpholine rings is 1. The van der Waals surface area contributed by atoms with Crippen LogP contribution in [0.3, 0.4) is 0 Å². The van der Waals surface area contributed by atoms with E-state index in [9.17, 15) is 0 Å². The molecule has 0 aromatic heterocycles. The van der Waals surface area contributed by atoms with Crippen LogP contribution in [0.2, 0.25) is 0 Å². The highest BCUT2D eigenvalue weighted by Gasteiger charge is 2.18.